The molecule has 0 radical (unpaired) electrons. The largest absolute Gasteiger partial charge is 0.376 e. The second-order valence-corrected chi connectivity index (χ2v) is 4.24. The lowest BCUT2D eigenvalue weighted by Gasteiger charge is -2.16. The predicted octanol–water partition coefficient (Wildman–Crippen LogP) is 2.26. The van der Waals surface area contributed by atoms with E-state index in [1.165, 1.54) is 29.5 Å². The molecule has 1 fully saturated rings. The van der Waals surface area contributed by atoms with Crippen molar-refractivity contribution in [3.63, 3.8) is 0 Å². The first-order valence-corrected chi connectivity index (χ1v) is 5.59. The highest BCUT2D eigenvalue weighted by Gasteiger charge is 2.23. The van der Waals surface area contributed by atoms with Crippen molar-refractivity contribution < 1.29 is 9.63 Å². The molecule has 3 rings (SSSR count). The molecule has 0 spiro atoms. The highest BCUT2D eigenvalue weighted by atomic mass is 16.7. The third-order valence-corrected chi connectivity index (χ3v) is 2.92. The normalized spacial score (nSPS) is 19.2. The number of carbonyl (C=O) groups excluding carboxylic acids is 1. The SMILES string of the molecule is O=C1C=CCN1Oc1ccc(C2CC2)cc1. The van der Waals surface area contributed by atoms with E-state index >= 15 is 0 Å². The van der Waals surface area contributed by atoms with Crippen molar-refractivity contribution in [1.82, 2.24) is 5.06 Å². The maximum Gasteiger partial charge on any atom is 0.279 e. The lowest BCUT2D eigenvalue weighted by molar-refractivity contribution is -0.147. The van der Waals surface area contributed by atoms with Gasteiger partial charge in [0.15, 0.2) is 5.75 Å². The first-order chi connectivity index (χ1) is 7.83. The molecule has 1 aliphatic carbocycles. The standard InChI is InChI=1S/C13H13NO2/c15-13-2-1-9-14(13)16-12-7-5-11(6-8-12)10-3-4-10/h1-2,5-8,10H,3-4,9H2. The summed E-state index contributed by atoms with van der Waals surface area (Å²) in [6, 6.07) is 8.03. The Kier molecular flexibility index (Phi) is 2.17. The quantitative estimate of drug-likeness (QED) is 0.774. The number of hydrogen-bond acceptors (Lipinski definition) is 2. The Balaban J connectivity index is 1.68. The van der Waals surface area contributed by atoms with Gasteiger partial charge in [0, 0.05) is 6.08 Å². The molecule has 0 aromatic heterocycles. The molecule has 3 nitrogen and oxygen atoms in total. The van der Waals surface area contributed by atoms with E-state index in [9.17, 15) is 4.79 Å². The van der Waals surface area contributed by atoms with Gasteiger partial charge in [-0.2, -0.15) is 5.06 Å². The second kappa shape index (κ2) is 3.67. The minimum atomic E-state index is -0.0914. The molecular weight excluding hydrogens is 202 g/mol. The fourth-order valence-corrected chi connectivity index (χ4v) is 1.85. The maximum absolute atomic E-state index is 11.3. The van der Waals surface area contributed by atoms with Gasteiger partial charge in [-0.05, 0) is 36.5 Å². The molecular formula is C13H13NO2. The van der Waals surface area contributed by atoms with Crippen LogP contribution < -0.4 is 4.84 Å². The summed E-state index contributed by atoms with van der Waals surface area (Å²) in [4.78, 5) is 16.7. The van der Waals surface area contributed by atoms with Crippen LogP contribution in [0.2, 0.25) is 0 Å². The maximum atomic E-state index is 11.3. The van der Waals surface area contributed by atoms with Crippen LogP contribution in [0.25, 0.3) is 0 Å². The van der Waals surface area contributed by atoms with Crippen LogP contribution in [0.1, 0.15) is 24.3 Å². The van der Waals surface area contributed by atoms with Crippen molar-refractivity contribution in [2.24, 2.45) is 0 Å². The Hall–Kier alpha value is -1.77. The highest BCUT2D eigenvalue weighted by molar-refractivity contribution is 5.89. The zero-order valence-corrected chi connectivity index (χ0v) is 8.93. The van der Waals surface area contributed by atoms with E-state index in [0.29, 0.717) is 6.54 Å². The van der Waals surface area contributed by atoms with Crippen molar-refractivity contribution in [2.45, 2.75) is 18.8 Å². The van der Waals surface area contributed by atoms with Crippen molar-refractivity contribution in [1.29, 1.82) is 0 Å². The van der Waals surface area contributed by atoms with Crippen LogP contribution >= 0.6 is 0 Å². The van der Waals surface area contributed by atoms with E-state index in [2.05, 4.69) is 12.1 Å². The Morgan fingerprint density at radius 1 is 1.19 bits per heavy atom. The number of carbonyl (C=O) groups is 1. The molecule has 0 unspecified atom stereocenters. The molecule has 1 saturated carbocycles. The van der Waals surface area contributed by atoms with Gasteiger partial charge >= 0.3 is 0 Å². The van der Waals surface area contributed by atoms with Gasteiger partial charge in [0.2, 0.25) is 0 Å². The van der Waals surface area contributed by atoms with E-state index in [-0.39, 0.29) is 5.91 Å². The van der Waals surface area contributed by atoms with Gasteiger partial charge in [0.1, 0.15) is 0 Å². The summed E-state index contributed by atoms with van der Waals surface area (Å²) in [5.74, 6) is 1.39. The monoisotopic (exact) mass is 215 g/mol. The van der Waals surface area contributed by atoms with Gasteiger partial charge in [-0.25, -0.2) is 0 Å². The minimum Gasteiger partial charge on any atom is -0.376 e. The van der Waals surface area contributed by atoms with Gasteiger partial charge in [-0.15, -0.1) is 0 Å². The second-order valence-electron chi connectivity index (χ2n) is 4.24. The van der Waals surface area contributed by atoms with Gasteiger partial charge < -0.3 is 4.84 Å². The molecule has 0 saturated heterocycles. The van der Waals surface area contributed by atoms with Gasteiger partial charge in [-0.1, -0.05) is 18.2 Å². The first kappa shape index (κ1) is 9.46. The molecule has 1 aromatic rings. The number of hydroxylamine groups is 2. The van der Waals surface area contributed by atoms with E-state index in [1.54, 1.807) is 6.08 Å². The van der Waals surface area contributed by atoms with Crippen LogP contribution in [0.15, 0.2) is 36.4 Å². The van der Waals surface area contributed by atoms with Gasteiger partial charge in [-0.3, -0.25) is 4.79 Å². The molecule has 1 amide bonds. The molecule has 16 heavy (non-hydrogen) atoms. The van der Waals surface area contributed by atoms with Crippen molar-refractivity contribution >= 4 is 5.91 Å². The topological polar surface area (TPSA) is 29.5 Å². The fourth-order valence-electron chi connectivity index (χ4n) is 1.85. The Morgan fingerprint density at radius 2 is 1.94 bits per heavy atom. The molecule has 2 aliphatic rings. The third-order valence-electron chi connectivity index (χ3n) is 2.92. The zero-order valence-electron chi connectivity index (χ0n) is 8.93. The van der Waals surface area contributed by atoms with E-state index in [0.717, 1.165) is 11.7 Å². The summed E-state index contributed by atoms with van der Waals surface area (Å²) in [6.45, 7) is 0.531. The lowest BCUT2D eigenvalue weighted by atomic mass is 10.1. The molecule has 0 bridgehead atoms. The summed E-state index contributed by atoms with van der Waals surface area (Å²) in [5, 5.41) is 1.35. The third kappa shape index (κ3) is 1.81. The average molecular weight is 215 g/mol. The van der Waals surface area contributed by atoms with Crippen molar-refractivity contribution in [3.8, 4) is 5.75 Å². The van der Waals surface area contributed by atoms with Crippen LogP contribution in [-0.4, -0.2) is 17.5 Å². The molecule has 0 atom stereocenters. The smallest absolute Gasteiger partial charge is 0.279 e. The van der Waals surface area contributed by atoms with E-state index in [1.807, 2.05) is 12.1 Å². The lowest BCUT2D eigenvalue weighted by Crippen LogP contribution is -2.28. The highest BCUT2D eigenvalue weighted by Crippen LogP contribution is 2.40. The molecule has 0 N–H and O–H groups in total. The van der Waals surface area contributed by atoms with E-state index in [4.69, 9.17) is 4.84 Å². The van der Waals surface area contributed by atoms with Crippen LogP contribution in [0.4, 0.5) is 0 Å². The minimum absolute atomic E-state index is 0.0914. The predicted molar refractivity (Wildman–Crippen MR) is 59.9 cm³/mol. The van der Waals surface area contributed by atoms with Crippen LogP contribution in [0.3, 0.4) is 0 Å². The Labute approximate surface area is 94.3 Å². The van der Waals surface area contributed by atoms with Crippen molar-refractivity contribution in [3.05, 3.63) is 42.0 Å². The number of benzene rings is 1. The first-order valence-electron chi connectivity index (χ1n) is 5.59. The summed E-state index contributed by atoms with van der Waals surface area (Å²) in [6.07, 6.45) is 5.92. The van der Waals surface area contributed by atoms with Gasteiger partial charge in [0.05, 0.1) is 6.54 Å². The molecule has 1 aromatic carbocycles. The Morgan fingerprint density at radius 3 is 2.50 bits per heavy atom. The molecule has 1 aliphatic heterocycles. The summed E-state index contributed by atoms with van der Waals surface area (Å²) >= 11 is 0. The van der Waals surface area contributed by atoms with Gasteiger partial charge in [0.25, 0.3) is 5.91 Å². The van der Waals surface area contributed by atoms with Crippen LogP contribution in [0, 0.1) is 0 Å². The zero-order chi connectivity index (χ0) is 11.0. The summed E-state index contributed by atoms with van der Waals surface area (Å²) in [5.41, 5.74) is 1.37. The van der Waals surface area contributed by atoms with E-state index < -0.39 is 0 Å². The molecule has 1 heterocycles. The van der Waals surface area contributed by atoms with Crippen LogP contribution in [-0.2, 0) is 4.79 Å². The summed E-state index contributed by atoms with van der Waals surface area (Å²) in [7, 11) is 0. The number of nitrogens with zero attached hydrogens (tertiary/aromatic N) is 1. The molecule has 82 valence electrons. The fraction of sp³-hybridized carbons (Fsp3) is 0.308. The van der Waals surface area contributed by atoms with Crippen LogP contribution in [0.5, 0.6) is 5.75 Å². The number of amides is 1. The van der Waals surface area contributed by atoms with Crippen molar-refractivity contribution in [2.75, 3.05) is 6.54 Å². The molecule has 3 heteroatoms. The number of hydrogen-bond donors (Lipinski definition) is 0. The average Bonchev–Trinajstić information content (AvgIpc) is 3.07. The Bertz CT molecular complexity index is 432. The summed E-state index contributed by atoms with van der Waals surface area (Å²) < 4.78 is 0. The number of rotatable bonds is 3.